The van der Waals surface area contributed by atoms with Crippen LogP contribution in [-0.4, -0.2) is 26.0 Å². The van der Waals surface area contributed by atoms with Crippen LogP contribution >= 0.6 is 0 Å². The van der Waals surface area contributed by atoms with Gasteiger partial charge in [-0.25, -0.2) is 0 Å². The third-order valence-electron chi connectivity index (χ3n) is 4.72. The number of carbonyl (C=O) groups excluding carboxylic acids is 2. The van der Waals surface area contributed by atoms with Gasteiger partial charge in [0.25, 0.3) is 11.8 Å². The van der Waals surface area contributed by atoms with Crippen molar-refractivity contribution in [1.82, 2.24) is 0 Å². The van der Waals surface area contributed by atoms with Gasteiger partial charge in [0.05, 0.1) is 25.3 Å². The molecule has 0 fully saturated rings. The van der Waals surface area contributed by atoms with Crippen molar-refractivity contribution in [1.29, 1.82) is 0 Å². The molecule has 8 nitrogen and oxygen atoms in total. The molecule has 0 unspecified atom stereocenters. The summed E-state index contributed by atoms with van der Waals surface area (Å²) in [7, 11) is 3.06. The highest BCUT2D eigenvalue weighted by Crippen LogP contribution is 2.27. The Balaban J connectivity index is 1.66. The zero-order valence-electron chi connectivity index (χ0n) is 17.8. The van der Waals surface area contributed by atoms with Crippen LogP contribution < -0.4 is 30.4 Å². The van der Waals surface area contributed by atoms with Crippen LogP contribution in [0.25, 0.3) is 0 Å². The minimum Gasteiger partial charge on any atom is -0.497 e. The minimum atomic E-state index is -0.581. The van der Waals surface area contributed by atoms with Crippen molar-refractivity contribution in [3.8, 4) is 23.0 Å². The molecule has 0 heterocycles. The van der Waals surface area contributed by atoms with Crippen molar-refractivity contribution in [2.75, 3.05) is 14.2 Å². The molecule has 2 amide bonds. The van der Waals surface area contributed by atoms with Gasteiger partial charge in [-0.05, 0) is 35.4 Å². The van der Waals surface area contributed by atoms with Crippen LogP contribution in [0.15, 0.2) is 60.7 Å². The number of hydrogen-bond donors (Lipinski definition) is 2. The summed E-state index contributed by atoms with van der Waals surface area (Å²) < 4.78 is 21.9. The SMILES string of the molecule is COc1ccc(C(N)=O)c(OCc2ccc(COc3cc(OC)ccc3C(N)=O)cc2)c1. The molecule has 0 spiro atoms. The van der Waals surface area contributed by atoms with Gasteiger partial charge in [-0.15, -0.1) is 0 Å². The van der Waals surface area contributed by atoms with Gasteiger partial charge >= 0.3 is 0 Å². The van der Waals surface area contributed by atoms with E-state index in [4.69, 9.17) is 30.4 Å². The van der Waals surface area contributed by atoms with E-state index in [2.05, 4.69) is 0 Å². The van der Waals surface area contributed by atoms with E-state index in [1.54, 1.807) is 36.4 Å². The van der Waals surface area contributed by atoms with E-state index in [0.29, 0.717) is 23.0 Å². The third-order valence-corrected chi connectivity index (χ3v) is 4.72. The molecular formula is C24H24N2O6. The lowest BCUT2D eigenvalue weighted by molar-refractivity contribution is 0.0987. The average Bonchev–Trinajstić information content (AvgIpc) is 2.81. The highest BCUT2D eigenvalue weighted by molar-refractivity contribution is 5.96. The first-order valence-corrected chi connectivity index (χ1v) is 9.70. The molecular weight excluding hydrogens is 412 g/mol. The number of methoxy groups -OCH3 is 2. The molecule has 0 saturated carbocycles. The van der Waals surface area contributed by atoms with E-state index in [1.165, 1.54) is 14.2 Å². The molecule has 166 valence electrons. The van der Waals surface area contributed by atoms with Gasteiger partial charge in [-0.3, -0.25) is 9.59 Å². The average molecular weight is 436 g/mol. The molecule has 3 rings (SSSR count). The maximum absolute atomic E-state index is 11.6. The molecule has 0 saturated heterocycles. The lowest BCUT2D eigenvalue weighted by Crippen LogP contribution is -2.13. The maximum atomic E-state index is 11.6. The molecule has 4 N–H and O–H groups in total. The van der Waals surface area contributed by atoms with Gasteiger partial charge < -0.3 is 30.4 Å². The van der Waals surface area contributed by atoms with Crippen molar-refractivity contribution in [3.63, 3.8) is 0 Å². The van der Waals surface area contributed by atoms with Crippen LogP contribution in [0, 0.1) is 0 Å². The number of carbonyl (C=O) groups is 2. The van der Waals surface area contributed by atoms with E-state index >= 15 is 0 Å². The first kappa shape index (κ1) is 22.5. The van der Waals surface area contributed by atoms with Gasteiger partial charge in [-0.2, -0.15) is 0 Å². The smallest absolute Gasteiger partial charge is 0.252 e. The van der Waals surface area contributed by atoms with Gasteiger partial charge in [0.15, 0.2) is 0 Å². The van der Waals surface area contributed by atoms with Crippen LogP contribution in [0.4, 0.5) is 0 Å². The summed E-state index contributed by atoms with van der Waals surface area (Å²) in [5.74, 6) is 0.657. The largest absolute Gasteiger partial charge is 0.497 e. The summed E-state index contributed by atoms with van der Waals surface area (Å²) in [5, 5.41) is 0. The number of hydrogen-bond acceptors (Lipinski definition) is 6. The monoisotopic (exact) mass is 436 g/mol. The Bertz CT molecular complexity index is 1020. The van der Waals surface area contributed by atoms with Gasteiger partial charge in [-0.1, -0.05) is 24.3 Å². The Hall–Kier alpha value is -4.20. The molecule has 8 heteroatoms. The number of benzene rings is 3. The van der Waals surface area contributed by atoms with Gasteiger partial charge in [0, 0.05) is 12.1 Å². The second-order valence-corrected chi connectivity index (χ2v) is 6.85. The number of rotatable bonds is 10. The summed E-state index contributed by atoms with van der Waals surface area (Å²) in [5.41, 5.74) is 13.1. The highest BCUT2D eigenvalue weighted by atomic mass is 16.5. The fourth-order valence-electron chi connectivity index (χ4n) is 2.96. The number of ether oxygens (including phenoxy) is 4. The second-order valence-electron chi connectivity index (χ2n) is 6.85. The summed E-state index contributed by atoms with van der Waals surface area (Å²) >= 11 is 0. The molecule has 0 radical (unpaired) electrons. The fraction of sp³-hybridized carbons (Fsp3) is 0.167. The van der Waals surface area contributed by atoms with E-state index in [9.17, 15) is 9.59 Å². The number of primary amides is 2. The van der Waals surface area contributed by atoms with E-state index in [0.717, 1.165) is 11.1 Å². The third kappa shape index (κ3) is 5.48. The van der Waals surface area contributed by atoms with E-state index in [-0.39, 0.29) is 24.3 Å². The quantitative estimate of drug-likeness (QED) is 0.504. The van der Waals surface area contributed by atoms with Crippen molar-refractivity contribution < 1.29 is 28.5 Å². The van der Waals surface area contributed by atoms with E-state index < -0.39 is 11.8 Å². The lowest BCUT2D eigenvalue weighted by atomic mass is 10.1. The summed E-state index contributed by atoms with van der Waals surface area (Å²) in [6.07, 6.45) is 0. The molecule has 32 heavy (non-hydrogen) atoms. The van der Waals surface area contributed by atoms with Crippen LogP contribution in [0.2, 0.25) is 0 Å². The standard InChI is InChI=1S/C24H24N2O6/c1-29-17-7-9-19(23(25)27)21(11-17)31-13-15-3-5-16(6-4-15)14-32-22-12-18(30-2)8-10-20(22)24(26)28/h3-12H,13-14H2,1-2H3,(H2,25,27)(H2,26,28). The number of amides is 2. The van der Waals surface area contributed by atoms with Crippen molar-refractivity contribution in [2.24, 2.45) is 11.5 Å². The Labute approximate surface area is 185 Å². The Kier molecular flexibility index (Phi) is 7.17. The molecule has 3 aromatic rings. The predicted octanol–water partition coefficient (Wildman–Crippen LogP) is 3.06. The summed E-state index contributed by atoms with van der Waals surface area (Å²) in [4.78, 5) is 23.2. The zero-order valence-corrected chi connectivity index (χ0v) is 17.8. The van der Waals surface area contributed by atoms with Crippen LogP contribution in [0.1, 0.15) is 31.8 Å². The summed E-state index contributed by atoms with van der Waals surface area (Å²) in [6.45, 7) is 0.465. The van der Waals surface area contributed by atoms with Crippen LogP contribution in [-0.2, 0) is 13.2 Å². The van der Waals surface area contributed by atoms with Crippen molar-refractivity contribution >= 4 is 11.8 Å². The molecule has 3 aromatic carbocycles. The Morgan fingerprint density at radius 1 is 0.656 bits per heavy atom. The van der Waals surface area contributed by atoms with Crippen LogP contribution in [0.3, 0.4) is 0 Å². The molecule has 0 aliphatic rings. The molecule has 0 aromatic heterocycles. The van der Waals surface area contributed by atoms with E-state index in [1.807, 2.05) is 24.3 Å². The Morgan fingerprint density at radius 2 is 1.03 bits per heavy atom. The second kappa shape index (κ2) is 10.2. The normalized spacial score (nSPS) is 10.3. The molecule has 0 aliphatic heterocycles. The van der Waals surface area contributed by atoms with Gasteiger partial charge in [0.1, 0.15) is 36.2 Å². The molecule has 0 bridgehead atoms. The maximum Gasteiger partial charge on any atom is 0.252 e. The molecule has 0 atom stereocenters. The van der Waals surface area contributed by atoms with Gasteiger partial charge in [0.2, 0.25) is 0 Å². The lowest BCUT2D eigenvalue weighted by Gasteiger charge is -2.13. The first-order chi connectivity index (χ1) is 15.4. The van der Waals surface area contributed by atoms with Crippen molar-refractivity contribution in [2.45, 2.75) is 13.2 Å². The summed E-state index contributed by atoms with van der Waals surface area (Å²) in [6, 6.07) is 17.2. The zero-order chi connectivity index (χ0) is 23.1. The van der Waals surface area contributed by atoms with Crippen LogP contribution in [0.5, 0.6) is 23.0 Å². The highest BCUT2D eigenvalue weighted by Gasteiger charge is 2.12. The minimum absolute atomic E-state index is 0.232. The van der Waals surface area contributed by atoms with Crippen molar-refractivity contribution in [3.05, 3.63) is 82.9 Å². The Morgan fingerprint density at radius 3 is 1.34 bits per heavy atom. The predicted molar refractivity (Wildman–Crippen MR) is 118 cm³/mol. The first-order valence-electron chi connectivity index (χ1n) is 9.70. The topological polar surface area (TPSA) is 123 Å². The fourth-order valence-corrected chi connectivity index (χ4v) is 2.96. The number of nitrogens with two attached hydrogens (primary N) is 2. The molecule has 0 aliphatic carbocycles.